The number of halogens is 1. The summed E-state index contributed by atoms with van der Waals surface area (Å²) >= 11 is 11.7. The van der Waals surface area contributed by atoms with Gasteiger partial charge in [0, 0.05) is 40.7 Å². The fourth-order valence-electron chi connectivity index (χ4n) is 3.74. The Kier molecular flexibility index (Phi) is 6.98. The molecule has 0 radical (unpaired) electrons. The van der Waals surface area contributed by atoms with Crippen LogP contribution < -0.4 is 10.6 Å². The van der Waals surface area contributed by atoms with E-state index >= 15 is 0 Å². The third-order valence-corrected chi connectivity index (χ3v) is 5.92. The number of pyridine rings is 1. The van der Waals surface area contributed by atoms with Crippen LogP contribution in [0.4, 0.5) is 17.3 Å². The average Bonchev–Trinajstić information content (AvgIpc) is 2.87. The number of aromatic nitrogens is 3. The van der Waals surface area contributed by atoms with Crippen molar-refractivity contribution in [2.75, 3.05) is 31.3 Å². The van der Waals surface area contributed by atoms with Gasteiger partial charge in [0.05, 0.1) is 22.1 Å². The maximum absolute atomic E-state index is 6.20. The van der Waals surface area contributed by atoms with Crippen molar-refractivity contribution in [1.29, 1.82) is 0 Å². The molecule has 0 aliphatic carbocycles. The lowest BCUT2D eigenvalue weighted by Crippen LogP contribution is -2.12. The molecule has 4 rings (SSSR count). The molecule has 0 saturated heterocycles. The first-order chi connectivity index (χ1) is 15.4. The van der Waals surface area contributed by atoms with Crippen molar-refractivity contribution in [3.8, 4) is 11.3 Å². The molecule has 2 N–H and O–H groups in total. The first-order valence-electron chi connectivity index (χ1n) is 10.7. The van der Waals surface area contributed by atoms with Gasteiger partial charge < -0.3 is 15.5 Å². The Morgan fingerprint density at radius 1 is 1.16 bits per heavy atom. The number of hydrogen-bond donors (Lipinski definition) is 2. The summed E-state index contributed by atoms with van der Waals surface area (Å²) < 4.78 is 0. The van der Waals surface area contributed by atoms with Gasteiger partial charge in [0.1, 0.15) is 0 Å². The minimum atomic E-state index is 0.534. The average molecular weight is 467 g/mol. The largest absolute Gasteiger partial charge is 0.349 e. The van der Waals surface area contributed by atoms with Crippen LogP contribution in [0.5, 0.6) is 0 Å². The van der Waals surface area contributed by atoms with E-state index in [9.17, 15) is 0 Å². The third kappa shape index (κ3) is 5.41. The maximum Gasteiger partial charge on any atom is 0.227 e. The number of rotatable bonds is 7. The molecule has 1 aromatic carbocycles. The Labute approximate surface area is 199 Å². The molecule has 6 nitrogen and oxygen atoms in total. The Morgan fingerprint density at radius 2 is 2.00 bits per heavy atom. The van der Waals surface area contributed by atoms with Crippen LogP contribution in [0.25, 0.3) is 11.3 Å². The lowest BCUT2D eigenvalue weighted by molar-refractivity contribution is 0.394. The van der Waals surface area contributed by atoms with Crippen LogP contribution in [-0.4, -0.2) is 45.5 Å². The minimum Gasteiger partial charge on any atom is -0.349 e. The molecule has 1 aliphatic rings. The number of nitrogens with zero attached hydrogens (tertiary/aromatic N) is 4. The van der Waals surface area contributed by atoms with Gasteiger partial charge in [-0.2, -0.15) is 0 Å². The summed E-state index contributed by atoms with van der Waals surface area (Å²) in [5.41, 5.74) is 6.71. The number of fused-ring (bicyclic) bond motifs is 3. The second-order valence-corrected chi connectivity index (χ2v) is 9.27. The van der Waals surface area contributed by atoms with Crippen molar-refractivity contribution in [3.63, 3.8) is 0 Å². The zero-order valence-corrected chi connectivity index (χ0v) is 20.1. The third-order valence-electron chi connectivity index (χ3n) is 5.44. The van der Waals surface area contributed by atoms with Gasteiger partial charge in [0.2, 0.25) is 5.95 Å². The zero-order chi connectivity index (χ0) is 22.7. The molecule has 3 aromatic rings. The second kappa shape index (κ2) is 9.90. The van der Waals surface area contributed by atoms with E-state index in [1.165, 1.54) is 5.56 Å². The summed E-state index contributed by atoms with van der Waals surface area (Å²) in [6.45, 7) is 3.08. The highest BCUT2D eigenvalue weighted by atomic mass is 35.5. The van der Waals surface area contributed by atoms with Gasteiger partial charge in [-0.25, -0.2) is 9.97 Å². The van der Waals surface area contributed by atoms with Crippen LogP contribution in [0.1, 0.15) is 29.7 Å². The molecule has 0 bridgehead atoms. The van der Waals surface area contributed by atoms with Crippen LogP contribution in [-0.2, 0) is 12.8 Å². The van der Waals surface area contributed by atoms with Crippen LogP contribution in [0, 0.1) is 6.92 Å². The molecule has 3 heterocycles. The van der Waals surface area contributed by atoms with E-state index in [0.29, 0.717) is 17.4 Å². The Morgan fingerprint density at radius 3 is 2.81 bits per heavy atom. The standard InChI is InChI=1S/C24H27ClN6S/c1-15-20(10-16(13-26-15)6-4-5-9-31(2)3)29-24-27-14-17-11-22(32)28-21-12-18(25)7-8-19(21)23(17)30-24/h7-8,10,12-14H,4-6,9,11H2,1-3H3,(H,28,32)(H,27,29,30). The van der Waals surface area contributed by atoms with Gasteiger partial charge >= 0.3 is 0 Å². The van der Waals surface area contributed by atoms with E-state index < -0.39 is 0 Å². The first kappa shape index (κ1) is 22.6. The quantitative estimate of drug-likeness (QED) is 0.355. The van der Waals surface area contributed by atoms with Gasteiger partial charge in [-0.1, -0.05) is 23.8 Å². The molecule has 0 fully saturated rings. The number of anilines is 3. The smallest absolute Gasteiger partial charge is 0.227 e. The van der Waals surface area contributed by atoms with E-state index in [1.807, 2.05) is 37.5 Å². The molecular weight excluding hydrogens is 440 g/mol. The normalized spacial score (nSPS) is 12.7. The molecule has 1 aliphatic heterocycles. The fraction of sp³-hybridized carbons (Fsp3) is 0.333. The Hall–Kier alpha value is -2.61. The lowest BCUT2D eigenvalue weighted by atomic mass is 10.1. The number of thiocarbonyl (C=S) groups is 1. The number of nitrogens with one attached hydrogen (secondary N) is 2. The summed E-state index contributed by atoms with van der Waals surface area (Å²) in [4.78, 5) is 16.9. The summed E-state index contributed by atoms with van der Waals surface area (Å²) in [6, 6.07) is 7.86. The summed E-state index contributed by atoms with van der Waals surface area (Å²) in [7, 11) is 4.21. The summed E-state index contributed by atoms with van der Waals surface area (Å²) in [6.07, 6.45) is 7.68. The van der Waals surface area contributed by atoms with Crippen LogP contribution in [0.2, 0.25) is 5.02 Å². The van der Waals surface area contributed by atoms with Crippen LogP contribution in [0.15, 0.2) is 36.7 Å². The lowest BCUT2D eigenvalue weighted by Gasteiger charge is -2.13. The molecular formula is C24H27ClN6S. The minimum absolute atomic E-state index is 0.534. The number of aryl methyl sites for hydroxylation is 2. The second-order valence-electron chi connectivity index (χ2n) is 8.34. The molecule has 32 heavy (non-hydrogen) atoms. The Balaban J connectivity index is 1.58. The monoisotopic (exact) mass is 466 g/mol. The zero-order valence-electron chi connectivity index (χ0n) is 18.6. The van der Waals surface area contributed by atoms with Crippen molar-refractivity contribution in [1.82, 2.24) is 19.9 Å². The molecule has 2 aromatic heterocycles. The fourth-order valence-corrected chi connectivity index (χ4v) is 4.18. The predicted molar refractivity (Wildman–Crippen MR) is 136 cm³/mol. The maximum atomic E-state index is 6.20. The molecule has 166 valence electrons. The van der Waals surface area contributed by atoms with E-state index in [4.69, 9.17) is 28.8 Å². The van der Waals surface area contributed by atoms with Crippen LogP contribution in [0.3, 0.4) is 0 Å². The SMILES string of the molecule is Cc1ncc(CCCCN(C)C)cc1Nc1ncc2c(n1)-c1ccc(Cl)cc1NC(=S)C2. The highest BCUT2D eigenvalue weighted by Crippen LogP contribution is 2.35. The molecule has 0 unspecified atom stereocenters. The van der Waals surface area contributed by atoms with Crippen molar-refractivity contribution >= 4 is 46.1 Å². The Bertz CT molecular complexity index is 1150. The van der Waals surface area contributed by atoms with Gasteiger partial charge in [0.15, 0.2) is 0 Å². The number of benzene rings is 1. The van der Waals surface area contributed by atoms with E-state index in [2.05, 4.69) is 45.7 Å². The number of hydrogen-bond acceptors (Lipinski definition) is 6. The van der Waals surface area contributed by atoms with Gasteiger partial charge in [-0.15, -0.1) is 0 Å². The molecule has 0 amide bonds. The summed E-state index contributed by atoms with van der Waals surface area (Å²) in [5.74, 6) is 0.534. The summed E-state index contributed by atoms with van der Waals surface area (Å²) in [5, 5.41) is 7.30. The predicted octanol–water partition coefficient (Wildman–Crippen LogP) is 5.42. The first-order valence-corrected chi connectivity index (χ1v) is 11.5. The highest BCUT2D eigenvalue weighted by molar-refractivity contribution is 7.80. The number of unbranched alkanes of at least 4 members (excludes halogenated alkanes) is 1. The van der Waals surface area contributed by atoms with Gasteiger partial charge in [0.25, 0.3) is 0 Å². The molecule has 0 spiro atoms. The van der Waals surface area contributed by atoms with E-state index in [1.54, 1.807) is 0 Å². The van der Waals surface area contributed by atoms with E-state index in [-0.39, 0.29) is 0 Å². The van der Waals surface area contributed by atoms with Crippen molar-refractivity contribution in [3.05, 3.63) is 58.5 Å². The van der Waals surface area contributed by atoms with Crippen LogP contribution >= 0.6 is 23.8 Å². The topological polar surface area (TPSA) is 66.0 Å². The van der Waals surface area contributed by atoms with E-state index in [0.717, 1.165) is 64.7 Å². The van der Waals surface area contributed by atoms with Crippen molar-refractivity contribution in [2.24, 2.45) is 0 Å². The van der Waals surface area contributed by atoms with Gasteiger partial charge in [-0.05, 0) is 76.7 Å². The van der Waals surface area contributed by atoms with Crippen molar-refractivity contribution < 1.29 is 0 Å². The highest BCUT2D eigenvalue weighted by Gasteiger charge is 2.20. The molecule has 0 atom stereocenters. The van der Waals surface area contributed by atoms with Crippen molar-refractivity contribution in [2.45, 2.75) is 32.6 Å². The molecule has 8 heteroatoms. The molecule has 0 saturated carbocycles. The van der Waals surface area contributed by atoms with Gasteiger partial charge in [-0.3, -0.25) is 4.98 Å².